The van der Waals surface area contributed by atoms with Gasteiger partial charge in [0.1, 0.15) is 0 Å². The molecule has 5 heteroatoms. The van der Waals surface area contributed by atoms with E-state index in [9.17, 15) is 17.6 Å². The zero-order chi connectivity index (χ0) is 29.1. The quantitative estimate of drug-likeness (QED) is 0.249. The molecule has 2 aromatic rings. The van der Waals surface area contributed by atoms with Crippen LogP contribution in [0.2, 0.25) is 0 Å². The van der Waals surface area contributed by atoms with Crippen LogP contribution >= 0.6 is 0 Å². The summed E-state index contributed by atoms with van der Waals surface area (Å²) >= 11 is 0. The maximum absolute atomic E-state index is 14.3. The summed E-state index contributed by atoms with van der Waals surface area (Å²) in [5, 5.41) is 0. The summed E-state index contributed by atoms with van der Waals surface area (Å²) in [6, 6.07) is 7.84. The first-order chi connectivity index (χ1) is 19.7. The van der Waals surface area contributed by atoms with Gasteiger partial charge in [0.15, 0.2) is 23.2 Å². The first kappa shape index (κ1) is 29.9. The first-order valence-electron chi connectivity index (χ1n) is 15.6. The standard InChI is InChI=1S/C19H24F2O.C17H20F2/c1-3-22-17-9-8-16(18(20)19(17)21)14-6-4-13(5-7-14)15-10-12(2)11-15;1-11-9-14(10-11)12-5-7-13(8-6-12)15-3-2-4-16(18)17(15)19/h8-9,13-15H,2-7,10-11H2,1H3;2-4,12-14H,1,5-10H2. The summed E-state index contributed by atoms with van der Waals surface area (Å²) in [5.41, 5.74) is 3.85. The molecule has 0 spiro atoms. The lowest BCUT2D eigenvalue weighted by Crippen LogP contribution is -2.27. The number of benzene rings is 2. The Balaban J connectivity index is 0.000000166. The van der Waals surface area contributed by atoms with Crippen molar-refractivity contribution in [3.8, 4) is 5.75 Å². The molecule has 0 amide bonds. The van der Waals surface area contributed by atoms with E-state index in [1.165, 1.54) is 42.9 Å². The van der Waals surface area contributed by atoms with Crippen LogP contribution in [0, 0.1) is 46.9 Å². The molecule has 4 saturated carbocycles. The second kappa shape index (κ2) is 13.2. The molecular formula is C36H44F4O. The van der Waals surface area contributed by atoms with Gasteiger partial charge in [-0.25, -0.2) is 13.2 Å². The highest BCUT2D eigenvalue weighted by Gasteiger charge is 2.35. The van der Waals surface area contributed by atoms with Crippen molar-refractivity contribution in [3.63, 3.8) is 0 Å². The van der Waals surface area contributed by atoms with Gasteiger partial charge >= 0.3 is 0 Å². The van der Waals surface area contributed by atoms with Crippen LogP contribution in [0.3, 0.4) is 0 Å². The summed E-state index contributed by atoms with van der Waals surface area (Å²) < 4.78 is 60.5. The van der Waals surface area contributed by atoms with Gasteiger partial charge in [-0.2, -0.15) is 4.39 Å². The van der Waals surface area contributed by atoms with Gasteiger partial charge in [-0.3, -0.25) is 0 Å². The SMILES string of the molecule is C=C1CC(C2CCC(c3ccc(OCC)c(F)c3F)CC2)C1.C=C1CC(C2CCC(c3cccc(F)c3F)CC2)C1. The highest BCUT2D eigenvalue weighted by molar-refractivity contribution is 5.33. The Morgan fingerprint density at radius 2 is 1.10 bits per heavy atom. The maximum atomic E-state index is 14.3. The average molecular weight is 569 g/mol. The van der Waals surface area contributed by atoms with Crippen LogP contribution in [-0.2, 0) is 0 Å². The monoisotopic (exact) mass is 568 g/mol. The van der Waals surface area contributed by atoms with Gasteiger partial charge in [0.25, 0.3) is 0 Å². The predicted octanol–water partition coefficient (Wildman–Crippen LogP) is 10.8. The highest BCUT2D eigenvalue weighted by atomic mass is 19.2. The van der Waals surface area contributed by atoms with E-state index >= 15 is 0 Å². The van der Waals surface area contributed by atoms with Gasteiger partial charge in [0.05, 0.1) is 6.61 Å². The molecular weight excluding hydrogens is 524 g/mol. The third-order valence-electron chi connectivity index (χ3n) is 10.3. The van der Waals surface area contributed by atoms with Crippen molar-refractivity contribution >= 4 is 0 Å². The van der Waals surface area contributed by atoms with E-state index in [2.05, 4.69) is 13.2 Å². The van der Waals surface area contributed by atoms with E-state index in [-0.39, 0.29) is 17.6 Å². The fraction of sp³-hybridized carbons (Fsp3) is 0.556. The van der Waals surface area contributed by atoms with Crippen molar-refractivity contribution in [2.75, 3.05) is 6.61 Å². The predicted molar refractivity (Wildman–Crippen MR) is 157 cm³/mol. The van der Waals surface area contributed by atoms with Gasteiger partial charge < -0.3 is 4.74 Å². The molecule has 0 heterocycles. The smallest absolute Gasteiger partial charge is 0.200 e. The van der Waals surface area contributed by atoms with Gasteiger partial charge in [-0.1, -0.05) is 42.5 Å². The lowest BCUT2D eigenvalue weighted by Gasteiger charge is -2.39. The minimum Gasteiger partial charge on any atom is -0.491 e. The lowest BCUT2D eigenvalue weighted by molar-refractivity contribution is 0.193. The molecule has 0 saturated heterocycles. The topological polar surface area (TPSA) is 9.23 Å². The Bertz CT molecular complexity index is 1220. The molecule has 0 unspecified atom stereocenters. The van der Waals surface area contributed by atoms with Crippen molar-refractivity contribution in [3.05, 3.63) is 89.0 Å². The lowest BCUT2D eigenvalue weighted by atomic mass is 9.66. The first-order valence-corrected chi connectivity index (χ1v) is 15.6. The number of ether oxygens (including phenoxy) is 1. The Morgan fingerprint density at radius 3 is 1.56 bits per heavy atom. The summed E-state index contributed by atoms with van der Waals surface area (Å²) in [5.74, 6) is 0.586. The molecule has 222 valence electrons. The van der Waals surface area contributed by atoms with Crippen molar-refractivity contribution < 1.29 is 22.3 Å². The Kier molecular flexibility index (Phi) is 9.61. The van der Waals surface area contributed by atoms with Crippen LogP contribution in [-0.4, -0.2) is 6.61 Å². The van der Waals surface area contributed by atoms with Crippen LogP contribution in [0.25, 0.3) is 0 Å². The summed E-state index contributed by atoms with van der Waals surface area (Å²) in [4.78, 5) is 0. The molecule has 2 aromatic carbocycles. The van der Waals surface area contributed by atoms with Crippen molar-refractivity contribution in [2.24, 2.45) is 23.7 Å². The van der Waals surface area contributed by atoms with Gasteiger partial charge in [0.2, 0.25) is 5.82 Å². The van der Waals surface area contributed by atoms with Crippen LogP contribution in [0.4, 0.5) is 17.6 Å². The van der Waals surface area contributed by atoms with Crippen LogP contribution < -0.4 is 4.74 Å². The normalized spacial score (nSPS) is 27.0. The van der Waals surface area contributed by atoms with Gasteiger partial charge in [-0.15, -0.1) is 0 Å². The number of halogens is 4. The van der Waals surface area contributed by atoms with Crippen LogP contribution in [0.15, 0.2) is 54.6 Å². The molecule has 4 aliphatic carbocycles. The van der Waals surface area contributed by atoms with Crippen LogP contribution in [0.1, 0.15) is 107 Å². The second-order valence-corrected chi connectivity index (χ2v) is 12.9. The maximum Gasteiger partial charge on any atom is 0.200 e. The summed E-state index contributed by atoms with van der Waals surface area (Å²) in [7, 11) is 0. The number of rotatable bonds is 6. The Morgan fingerprint density at radius 1 is 0.610 bits per heavy atom. The fourth-order valence-electron chi connectivity index (χ4n) is 7.80. The second-order valence-electron chi connectivity index (χ2n) is 12.9. The molecule has 0 radical (unpaired) electrons. The molecule has 0 aromatic heterocycles. The third kappa shape index (κ3) is 6.75. The molecule has 4 aliphatic rings. The molecule has 4 fully saturated rings. The Hall–Kier alpha value is -2.56. The highest BCUT2D eigenvalue weighted by Crippen LogP contribution is 2.48. The van der Waals surface area contributed by atoms with Crippen molar-refractivity contribution in [2.45, 2.75) is 95.8 Å². The van der Waals surface area contributed by atoms with E-state index < -0.39 is 23.3 Å². The molecule has 1 nitrogen and oxygen atoms in total. The molecule has 0 atom stereocenters. The van der Waals surface area contributed by atoms with E-state index in [4.69, 9.17) is 4.74 Å². The minimum atomic E-state index is -0.836. The zero-order valence-corrected chi connectivity index (χ0v) is 24.4. The molecule has 0 N–H and O–H groups in total. The van der Waals surface area contributed by atoms with Crippen molar-refractivity contribution in [1.82, 2.24) is 0 Å². The van der Waals surface area contributed by atoms with E-state index in [1.807, 2.05) is 0 Å². The largest absolute Gasteiger partial charge is 0.491 e. The average Bonchev–Trinajstić information content (AvgIpc) is 2.95. The number of hydrogen-bond acceptors (Lipinski definition) is 1. The van der Waals surface area contributed by atoms with Crippen LogP contribution in [0.5, 0.6) is 5.75 Å². The van der Waals surface area contributed by atoms with Gasteiger partial charge in [-0.05, 0) is 143 Å². The third-order valence-corrected chi connectivity index (χ3v) is 10.3. The van der Waals surface area contributed by atoms with E-state index in [0.717, 1.165) is 75.0 Å². The summed E-state index contributed by atoms with van der Waals surface area (Å²) in [6.07, 6.45) is 13.2. The zero-order valence-electron chi connectivity index (χ0n) is 24.4. The van der Waals surface area contributed by atoms with E-state index in [1.54, 1.807) is 31.2 Å². The van der Waals surface area contributed by atoms with Crippen molar-refractivity contribution in [1.29, 1.82) is 0 Å². The minimum absolute atomic E-state index is 0.0189. The molecule has 6 rings (SSSR count). The molecule has 0 aliphatic heterocycles. The van der Waals surface area contributed by atoms with Gasteiger partial charge in [0, 0.05) is 0 Å². The number of allylic oxidation sites excluding steroid dienone is 2. The Labute approximate surface area is 243 Å². The molecule has 0 bridgehead atoms. The fourth-order valence-corrected chi connectivity index (χ4v) is 7.80. The molecule has 41 heavy (non-hydrogen) atoms. The summed E-state index contributed by atoms with van der Waals surface area (Å²) in [6.45, 7) is 10.1. The number of hydrogen-bond donors (Lipinski definition) is 0. The van der Waals surface area contributed by atoms with E-state index in [0.29, 0.717) is 17.7 Å².